The fourth-order valence-corrected chi connectivity index (χ4v) is 3.30. The number of rotatable bonds is 5. The molecule has 0 spiro atoms. The van der Waals surface area contributed by atoms with Gasteiger partial charge in [-0.05, 0) is 55.8 Å². The number of carbonyl (C=O) groups is 1. The van der Waals surface area contributed by atoms with Crippen LogP contribution < -0.4 is 10.6 Å². The minimum atomic E-state index is -0.0241. The molecule has 1 amide bonds. The van der Waals surface area contributed by atoms with Gasteiger partial charge in [0, 0.05) is 18.7 Å². The summed E-state index contributed by atoms with van der Waals surface area (Å²) in [6.45, 7) is 7.19. The predicted molar refractivity (Wildman–Crippen MR) is 88.3 cm³/mol. The van der Waals surface area contributed by atoms with E-state index in [0.717, 1.165) is 24.1 Å². The number of hydrogen-bond donors (Lipinski definition) is 2. The van der Waals surface area contributed by atoms with Gasteiger partial charge in [-0.25, -0.2) is 0 Å². The molecule has 3 unspecified atom stereocenters. The van der Waals surface area contributed by atoms with Crippen molar-refractivity contribution in [1.82, 2.24) is 5.32 Å². The lowest BCUT2D eigenvalue weighted by molar-refractivity contribution is -0.114. The first-order valence-corrected chi connectivity index (χ1v) is 8.15. The van der Waals surface area contributed by atoms with Gasteiger partial charge < -0.3 is 10.6 Å². The summed E-state index contributed by atoms with van der Waals surface area (Å²) >= 11 is 0. The number of carbonyl (C=O) groups excluding carboxylic acids is 1. The first-order chi connectivity index (χ1) is 10.0. The highest BCUT2D eigenvalue weighted by molar-refractivity contribution is 5.88. The van der Waals surface area contributed by atoms with Crippen LogP contribution in [0.5, 0.6) is 0 Å². The Hall–Kier alpha value is -1.35. The Balaban J connectivity index is 1.87. The van der Waals surface area contributed by atoms with E-state index < -0.39 is 0 Å². The molecule has 0 bridgehead atoms. The molecule has 2 rings (SSSR count). The summed E-state index contributed by atoms with van der Waals surface area (Å²) < 4.78 is 0. The molecule has 1 aliphatic carbocycles. The molecular weight excluding hydrogens is 260 g/mol. The van der Waals surface area contributed by atoms with Crippen molar-refractivity contribution in [3.8, 4) is 0 Å². The lowest BCUT2D eigenvalue weighted by Crippen LogP contribution is -2.28. The third-order valence-corrected chi connectivity index (χ3v) is 4.46. The Labute approximate surface area is 128 Å². The average Bonchev–Trinajstić information content (AvgIpc) is 2.44. The Bertz CT molecular complexity index is 472. The quantitative estimate of drug-likeness (QED) is 0.855. The topological polar surface area (TPSA) is 41.1 Å². The van der Waals surface area contributed by atoms with Crippen molar-refractivity contribution < 1.29 is 4.79 Å². The molecule has 0 saturated heterocycles. The van der Waals surface area contributed by atoms with E-state index in [0.29, 0.717) is 6.04 Å². The van der Waals surface area contributed by atoms with Gasteiger partial charge in [-0.1, -0.05) is 31.9 Å². The van der Waals surface area contributed by atoms with Crippen LogP contribution in [0, 0.1) is 11.8 Å². The molecule has 0 aromatic heterocycles. The van der Waals surface area contributed by atoms with Crippen molar-refractivity contribution in [2.45, 2.75) is 52.5 Å². The van der Waals surface area contributed by atoms with Crippen LogP contribution in [-0.2, 0) is 4.79 Å². The minimum Gasteiger partial charge on any atom is -0.326 e. The number of nitrogens with one attached hydrogen (secondary N) is 2. The van der Waals surface area contributed by atoms with Gasteiger partial charge in [-0.2, -0.15) is 0 Å². The van der Waals surface area contributed by atoms with E-state index in [1.54, 1.807) is 6.92 Å². The summed E-state index contributed by atoms with van der Waals surface area (Å²) in [6, 6.07) is 8.42. The average molecular weight is 288 g/mol. The number of amides is 1. The molecule has 116 valence electrons. The fraction of sp³-hybridized carbons (Fsp3) is 0.611. The molecule has 1 aromatic rings. The van der Waals surface area contributed by atoms with Gasteiger partial charge in [0.25, 0.3) is 0 Å². The molecule has 1 fully saturated rings. The SMILES string of the molecule is CC(=O)Nc1cccc(C(C)NCC2CCCC(C)C2)c1. The van der Waals surface area contributed by atoms with Crippen LogP contribution in [0.15, 0.2) is 24.3 Å². The van der Waals surface area contributed by atoms with E-state index in [2.05, 4.69) is 36.6 Å². The molecule has 3 heteroatoms. The first kappa shape index (κ1) is 16.0. The number of anilines is 1. The normalized spacial score (nSPS) is 23.6. The lowest BCUT2D eigenvalue weighted by atomic mass is 9.82. The Morgan fingerprint density at radius 1 is 1.38 bits per heavy atom. The molecule has 3 atom stereocenters. The van der Waals surface area contributed by atoms with Crippen LogP contribution >= 0.6 is 0 Å². The summed E-state index contributed by atoms with van der Waals surface area (Å²) in [5.74, 6) is 1.67. The van der Waals surface area contributed by atoms with Crippen molar-refractivity contribution >= 4 is 11.6 Å². The monoisotopic (exact) mass is 288 g/mol. The Morgan fingerprint density at radius 2 is 2.19 bits per heavy atom. The molecule has 0 aliphatic heterocycles. The number of hydrogen-bond acceptors (Lipinski definition) is 2. The second-order valence-electron chi connectivity index (χ2n) is 6.57. The number of benzene rings is 1. The zero-order valence-electron chi connectivity index (χ0n) is 13.5. The second-order valence-corrected chi connectivity index (χ2v) is 6.57. The van der Waals surface area contributed by atoms with E-state index >= 15 is 0 Å². The van der Waals surface area contributed by atoms with Gasteiger partial charge in [-0.3, -0.25) is 4.79 Å². The van der Waals surface area contributed by atoms with Crippen LogP contribution in [0.25, 0.3) is 0 Å². The van der Waals surface area contributed by atoms with Crippen LogP contribution in [0.1, 0.15) is 58.1 Å². The van der Waals surface area contributed by atoms with Crippen molar-refractivity contribution in [3.05, 3.63) is 29.8 Å². The fourth-order valence-electron chi connectivity index (χ4n) is 3.30. The van der Waals surface area contributed by atoms with E-state index in [-0.39, 0.29) is 5.91 Å². The van der Waals surface area contributed by atoms with E-state index in [4.69, 9.17) is 0 Å². The van der Waals surface area contributed by atoms with Gasteiger partial charge in [0.05, 0.1) is 0 Å². The third kappa shape index (κ3) is 5.16. The molecule has 0 heterocycles. The van der Waals surface area contributed by atoms with Crippen LogP contribution in [-0.4, -0.2) is 12.5 Å². The maximum Gasteiger partial charge on any atom is 0.221 e. The summed E-state index contributed by atoms with van der Waals surface area (Å²) in [7, 11) is 0. The Kier molecular flexibility index (Phi) is 5.80. The summed E-state index contributed by atoms with van der Waals surface area (Å²) in [5, 5.41) is 6.50. The minimum absolute atomic E-state index is 0.0241. The van der Waals surface area contributed by atoms with Crippen molar-refractivity contribution in [2.75, 3.05) is 11.9 Å². The van der Waals surface area contributed by atoms with Gasteiger partial charge in [-0.15, -0.1) is 0 Å². The molecule has 3 nitrogen and oxygen atoms in total. The third-order valence-electron chi connectivity index (χ3n) is 4.46. The summed E-state index contributed by atoms with van der Waals surface area (Å²) in [4.78, 5) is 11.1. The van der Waals surface area contributed by atoms with E-state index in [1.165, 1.54) is 31.2 Å². The lowest BCUT2D eigenvalue weighted by Gasteiger charge is -2.28. The standard InChI is InChI=1S/C18H28N2O/c1-13-6-4-7-16(10-13)12-19-14(2)17-8-5-9-18(11-17)20-15(3)21/h5,8-9,11,13-14,16,19H,4,6-7,10,12H2,1-3H3,(H,20,21). The van der Waals surface area contributed by atoms with Crippen LogP contribution in [0.4, 0.5) is 5.69 Å². The van der Waals surface area contributed by atoms with Crippen LogP contribution in [0.2, 0.25) is 0 Å². The molecule has 1 aliphatic rings. The van der Waals surface area contributed by atoms with Gasteiger partial charge >= 0.3 is 0 Å². The highest BCUT2D eigenvalue weighted by Gasteiger charge is 2.19. The van der Waals surface area contributed by atoms with Gasteiger partial charge in [0.15, 0.2) is 0 Å². The Morgan fingerprint density at radius 3 is 2.90 bits per heavy atom. The maximum absolute atomic E-state index is 11.1. The predicted octanol–water partition coefficient (Wildman–Crippen LogP) is 4.12. The highest BCUT2D eigenvalue weighted by Crippen LogP contribution is 2.28. The molecule has 0 radical (unpaired) electrons. The molecule has 1 saturated carbocycles. The molecular formula is C18H28N2O. The zero-order valence-corrected chi connectivity index (χ0v) is 13.5. The van der Waals surface area contributed by atoms with Crippen molar-refractivity contribution in [3.63, 3.8) is 0 Å². The molecule has 2 N–H and O–H groups in total. The first-order valence-electron chi connectivity index (χ1n) is 8.15. The summed E-state index contributed by atoms with van der Waals surface area (Å²) in [5.41, 5.74) is 2.10. The van der Waals surface area contributed by atoms with Crippen molar-refractivity contribution in [2.24, 2.45) is 11.8 Å². The second kappa shape index (κ2) is 7.60. The van der Waals surface area contributed by atoms with Crippen LogP contribution in [0.3, 0.4) is 0 Å². The van der Waals surface area contributed by atoms with Gasteiger partial charge in [0.2, 0.25) is 5.91 Å². The molecule has 21 heavy (non-hydrogen) atoms. The molecule has 1 aromatic carbocycles. The van der Waals surface area contributed by atoms with E-state index in [9.17, 15) is 4.79 Å². The van der Waals surface area contributed by atoms with Crippen molar-refractivity contribution in [1.29, 1.82) is 0 Å². The maximum atomic E-state index is 11.1. The smallest absolute Gasteiger partial charge is 0.221 e. The summed E-state index contributed by atoms with van der Waals surface area (Å²) in [6.07, 6.45) is 5.48. The largest absolute Gasteiger partial charge is 0.326 e. The zero-order chi connectivity index (χ0) is 15.2. The highest BCUT2D eigenvalue weighted by atomic mass is 16.1. The van der Waals surface area contributed by atoms with E-state index in [1.807, 2.05) is 12.1 Å². The van der Waals surface area contributed by atoms with Gasteiger partial charge in [0.1, 0.15) is 0 Å².